The Balaban J connectivity index is 4.09. The first kappa shape index (κ1) is 13.9. The number of carbonyl (C=O) groups is 2. The van der Waals surface area contributed by atoms with Gasteiger partial charge >= 0.3 is 11.9 Å². The van der Waals surface area contributed by atoms with Crippen LogP contribution in [0.15, 0.2) is 0 Å². The van der Waals surface area contributed by atoms with Crippen molar-refractivity contribution in [1.82, 2.24) is 0 Å². The van der Waals surface area contributed by atoms with Crippen molar-refractivity contribution in [2.45, 2.75) is 39.2 Å². The SMILES string of the molecule is CCOC(=O)CCC(C)C(C)(N)C(=O)O. The van der Waals surface area contributed by atoms with Gasteiger partial charge < -0.3 is 15.6 Å². The molecule has 0 fully saturated rings. The number of ether oxygens (including phenoxy) is 1. The first-order valence-corrected chi connectivity index (χ1v) is 5.00. The van der Waals surface area contributed by atoms with E-state index in [2.05, 4.69) is 0 Å². The number of carboxylic acids is 1. The highest BCUT2D eigenvalue weighted by Gasteiger charge is 2.34. The highest BCUT2D eigenvalue weighted by atomic mass is 16.5. The van der Waals surface area contributed by atoms with Crippen LogP contribution in [0.3, 0.4) is 0 Å². The lowest BCUT2D eigenvalue weighted by Gasteiger charge is -2.26. The lowest BCUT2D eigenvalue weighted by atomic mass is 9.85. The zero-order valence-electron chi connectivity index (χ0n) is 9.45. The van der Waals surface area contributed by atoms with Crippen LogP contribution in [0, 0.1) is 5.92 Å². The molecule has 0 aromatic heterocycles. The summed E-state index contributed by atoms with van der Waals surface area (Å²) in [7, 11) is 0. The summed E-state index contributed by atoms with van der Waals surface area (Å²) in [4.78, 5) is 21.8. The second kappa shape index (κ2) is 5.70. The topological polar surface area (TPSA) is 89.6 Å². The third-order valence-corrected chi connectivity index (χ3v) is 2.57. The van der Waals surface area contributed by atoms with Crippen molar-refractivity contribution in [2.75, 3.05) is 6.61 Å². The van der Waals surface area contributed by atoms with E-state index in [1.807, 2.05) is 0 Å². The maximum absolute atomic E-state index is 11.0. The number of esters is 1. The quantitative estimate of drug-likeness (QED) is 0.641. The van der Waals surface area contributed by atoms with Gasteiger partial charge in [0.25, 0.3) is 0 Å². The van der Waals surface area contributed by atoms with E-state index < -0.39 is 11.5 Å². The van der Waals surface area contributed by atoms with Crippen molar-refractivity contribution >= 4 is 11.9 Å². The molecule has 3 N–H and O–H groups in total. The molecule has 0 aliphatic carbocycles. The number of nitrogens with two attached hydrogens (primary N) is 1. The average molecular weight is 217 g/mol. The third kappa shape index (κ3) is 4.29. The fourth-order valence-electron chi connectivity index (χ4n) is 1.08. The van der Waals surface area contributed by atoms with Crippen molar-refractivity contribution in [3.8, 4) is 0 Å². The molecule has 0 rings (SSSR count). The summed E-state index contributed by atoms with van der Waals surface area (Å²) in [6, 6.07) is 0. The molecular weight excluding hydrogens is 198 g/mol. The highest BCUT2D eigenvalue weighted by Crippen LogP contribution is 2.19. The molecule has 15 heavy (non-hydrogen) atoms. The van der Waals surface area contributed by atoms with Crippen molar-refractivity contribution in [3.05, 3.63) is 0 Å². The van der Waals surface area contributed by atoms with Crippen LogP contribution in [0.4, 0.5) is 0 Å². The van der Waals surface area contributed by atoms with Gasteiger partial charge in [0, 0.05) is 6.42 Å². The molecule has 5 nitrogen and oxygen atoms in total. The molecule has 0 saturated heterocycles. The van der Waals surface area contributed by atoms with Gasteiger partial charge in [0.05, 0.1) is 6.61 Å². The maximum Gasteiger partial charge on any atom is 0.323 e. The lowest BCUT2D eigenvalue weighted by molar-refractivity contribution is -0.147. The van der Waals surface area contributed by atoms with Gasteiger partial charge in [-0.25, -0.2) is 0 Å². The molecule has 0 aliphatic rings. The molecule has 0 heterocycles. The Morgan fingerprint density at radius 3 is 2.47 bits per heavy atom. The van der Waals surface area contributed by atoms with E-state index in [0.717, 1.165) is 0 Å². The fourth-order valence-corrected chi connectivity index (χ4v) is 1.08. The molecule has 0 aromatic carbocycles. The van der Waals surface area contributed by atoms with Crippen LogP contribution < -0.4 is 5.73 Å². The molecule has 0 spiro atoms. The van der Waals surface area contributed by atoms with Gasteiger partial charge in [-0.2, -0.15) is 0 Å². The van der Waals surface area contributed by atoms with E-state index in [4.69, 9.17) is 15.6 Å². The minimum atomic E-state index is -1.30. The molecule has 0 radical (unpaired) electrons. The van der Waals surface area contributed by atoms with E-state index in [0.29, 0.717) is 13.0 Å². The Hall–Kier alpha value is -1.10. The molecule has 88 valence electrons. The molecule has 2 unspecified atom stereocenters. The minimum absolute atomic E-state index is 0.203. The maximum atomic E-state index is 11.0. The predicted molar refractivity (Wildman–Crippen MR) is 55.3 cm³/mol. The van der Waals surface area contributed by atoms with E-state index in [9.17, 15) is 9.59 Å². The zero-order chi connectivity index (χ0) is 12.1. The first-order chi connectivity index (χ1) is 6.82. The Labute approximate surface area is 89.6 Å². The van der Waals surface area contributed by atoms with Crippen LogP contribution in [0.25, 0.3) is 0 Å². The first-order valence-electron chi connectivity index (χ1n) is 5.00. The summed E-state index contributed by atoms with van der Waals surface area (Å²) in [5.74, 6) is -1.65. The summed E-state index contributed by atoms with van der Waals surface area (Å²) in [5.41, 5.74) is 4.31. The van der Waals surface area contributed by atoms with Crippen LogP contribution in [0.5, 0.6) is 0 Å². The molecule has 5 heteroatoms. The van der Waals surface area contributed by atoms with Gasteiger partial charge in [-0.15, -0.1) is 0 Å². The molecular formula is C10H19NO4. The smallest absolute Gasteiger partial charge is 0.323 e. The average Bonchev–Trinajstić information content (AvgIpc) is 2.14. The lowest BCUT2D eigenvalue weighted by Crippen LogP contribution is -2.50. The van der Waals surface area contributed by atoms with Gasteiger partial charge in [0.1, 0.15) is 5.54 Å². The third-order valence-electron chi connectivity index (χ3n) is 2.57. The fraction of sp³-hybridized carbons (Fsp3) is 0.800. The molecule has 0 bridgehead atoms. The summed E-state index contributed by atoms with van der Waals surface area (Å²) in [5, 5.41) is 8.84. The molecule has 2 atom stereocenters. The normalized spacial score (nSPS) is 16.5. The predicted octanol–water partition coefficient (Wildman–Crippen LogP) is 0.768. The van der Waals surface area contributed by atoms with Crippen LogP contribution in [0.1, 0.15) is 33.6 Å². The second-order valence-corrected chi connectivity index (χ2v) is 3.83. The van der Waals surface area contributed by atoms with Crippen LogP contribution in [-0.2, 0) is 14.3 Å². The molecule has 0 amide bonds. The van der Waals surface area contributed by atoms with Crippen molar-refractivity contribution in [2.24, 2.45) is 11.7 Å². The van der Waals surface area contributed by atoms with Gasteiger partial charge in [-0.3, -0.25) is 9.59 Å². The molecule has 0 aliphatic heterocycles. The van der Waals surface area contributed by atoms with Crippen LogP contribution >= 0.6 is 0 Å². The van der Waals surface area contributed by atoms with Crippen LogP contribution in [0.2, 0.25) is 0 Å². The minimum Gasteiger partial charge on any atom is -0.480 e. The zero-order valence-corrected chi connectivity index (χ0v) is 9.45. The van der Waals surface area contributed by atoms with Crippen LogP contribution in [-0.4, -0.2) is 29.2 Å². The largest absolute Gasteiger partial charge is 0.480 e. The van der Waals surface area contributed by atoms with E-state index in [1.165, 1.54) is 6.92 Å². The Bertz CT molecular complexity index is 238. The number of hydrogen-bond donors (Lipinski definition) is 2. The number of rotatable bonds is 6. The number of carboxylic acid groups (broad SMARTS) is 1. The monoisotopic (exact) mass is 217 g/mol. The Kier molecular flexibility index (Phi) is 5.28. The second-order valence-electron chi connectivity index (χ2n) is 3.83. The summed E-state index contributed by atoms with van der Waals surface area (Å²) in [6.07, 6.45) is 0.618. The molecule has 0 aromatic rings. The van der Waals surface area contributed by atoms with Crippen molar-refractivity contribution in [3.63, 3.8) is 0 Å². The highest BCUT2D eigenvalue weighted by molar-refractivity contribution is 5.78. The van der Waals surface area contributed by atoms with E-state index >= 15 is 0 Å². The Morgan fingerprint density at radius 1 is 1.53 bits per heavy atom. The van der Waals surface area contributed by atoms with Crippen molar-refractivity contribution in [1.29, 1.82) is 0 Å². The number of aliphatic carboxylic acids is 1. The standard InChI is InChI=1S/C10H19NO4/c1-4-15-8(12)6-5-7(2)10(3,11)9(13)14/h7H,4-6,11H2,1-3H3,(H,13,14). The van der Waals surface area contributed by atoms with E-state index in [-0.39, 0.29) is 18.3 Å². The van der Waals surface area contributed by atoms with Gasteiger partial charge in [-0.1, -0.05) is 6.92 Å². The summed E-state index contributed by atoms with van der Waals surface area (Å²) >= 11 is 0. The van der Waals surface area contributed by atoms with E-state index in [1.54, 1.807) is 13.8 Å². The summed E-state index contributed by atoms with van der Waals surface area (Å²) < 4.78 is 4.74. The van der Waals surface area contributed by atoms with Gasteiger partial charge in [0.15, 0.2) is 0 Å². The molecule has 0 saturated carbocycles. The summed E-state index contributed by atoms with van der Waals surface area (Å²) in [6.45, 7) is 5.23. The number of carbonyl (C=O) groups excluding carboxylic acids is 1. The van der Waals surface area contributed by atoms with Gasteiger partial charge in [-0.05, 0) is 26.2 Å². The van der Waals surface area contributed by atoms with Crippen molar-refractivity contribution < 1.29 is 19.4 Å². The number of hydrogen-bond acceptors (Lipinski definition) is 4. The Morgan fingerprint density at radius 2 is 2.07 bits per heavy atom. The van der Waals surface area contributed by atoms with Gasteiger partial charge in [0.2, 0.25) is 0 Å².